The highest BCUT2D eigenvalue weighted by molar-refractivity contribution is 9.11. The molecule has 0 aliphatic rings. The lowest BCUT2D eigenvalue weighted by atomic mass is 9.97. The lowest BCUT2D eigenvalue weighted by Gasteiger charge is -2.07. The average molecular weight is 331 g/mol. The number of carbonyl (C=O) groups is 1. The van der Waals surface area contributed by atoms with E-state index in [4.69, 9.17) is 0 Å². The minimum Gasteiger partial charge on any atom is -0.288 e. The molecular weight excluding hydrogens is 320 g/mol. The molecule has 0 bridgehead atoms. The summed E-state index contributed by atoms with van der Waals surface area (Å²) in [5, 5.41) is 2.17. The van der Waals surface area contributed by atoms with Gasteiger partial charge in [-0.15, -0.1) is 11.3 Å². The van der Waals surface area contributed by atoms with Gasteiger partial charge in [0, 0.05) is 5.56 Å². The maximum absolute atomic E-state index is 12.6. The van der Waals surface area contributed by atoms with Gasteiger partial charge < -0.3 is 0 Å². The zero-order valence-corrected chi connectivity index (χ0v) is 12.7. The summed E-state index contributed by atoms with van der Waals surface area (Å²) >= 11 is 4.87. The van der Waals surface area contributed by atoms with Crippen LogP contribution in [0, 0.1) is 6.92 Å². The molecule has 0 aliphatic heterocycles. The third kappa shape index (κ3) is 2.24. The Kier molecular flexibility index (Phi) is 3.25. The third-order valence-corrected chi connectivity index (χ3v) is 4.81. The van der Waals surface area contributed by atoms with Gasteiger partial charge in [-0.05, 0) is 51.3 Å². The summed E-state index contributed by atoms with van der Waals surface area (Å²) in [6.07, 6.45) is 0. The minimum absolute atomic E-state index is 0.0897. The van der Waals surface area contributed by atoms with Crippen LogP contribution in [0.1, 0.15) is 20.8 Å². The Morgan fingerprint density at radius 2 is 1.74 bits per heavy atom. The Balaban J connectivity index is 2.21. The van der Waals surface area contributed by atoms with E-state index in [-0.39, 0.29) is 5.78 Å². The summed E-state index contributed by atoms with van der Waals surface area (Å²) in [7, 11) is 0. The quantitative estimate of drug-likeness (QED) is 0.590. The number of rotatable bonds is 2. The van der Waals surface area contributed by atoms with Crippen LogP contribution in [0.25, 0.3) is 10.8 Å². The van der Waals surface area contributed by atoms with E-state index in [0.29, 0.717) is 0 Å². The van der Waals surface area contributed by atoms with Crippen LogP contribution in [0.5, 0.6) is 0 Å². The molecule has 0 N–H and O–H groups in total. The van der Waals surface area contributed by atoms with E-state index in [1.165, 1.54) is 16.9 Å². The Labute approximate surface area is 124 Å². The highest BCUT2D eigenvalue weighted by atomic mass is 79.9. The standard InChI is InChI=1S/C16H11BrOS/c1-10-6-7-13(12-5-3-2-4-11(10)12)16(18)14-8-9-15(17)19-14/h2-9H,1H3. The molecule has 0 fully saturated rings. The first kappa shape index (κ1) is 12.6. The van der Waals surface area contributed by atoms with Crippen molar-refractivity contribution in [1.82, 2.24) is 0 Å². The van der Waals surface area contributed by atoms with Gasteiger partial charge in [-0.1, -0.05) is 36.4 Å². The summed E-state index contributed by atoms with van der Waals surface area (Å²) in [4.78, 5) is 13.3. The molecule has 0 radical (unpaired) electrons. The molecule has 0 aliphatic carbocycles. The van der Waals surface area contributed by atoms with Crippen molar-refractivity contribution in [3.8, 4) is 0 Å². The molecule has 0 amide bonds. The SMILES string of the molecule is Cc1ccc(C(=O)c2ccc(Br)s2)c2ccccc12. The maximum atomic E-state index is 12.6. The van der Waals surface area contributed by atoms with Crippen molar-refractivity contribution in [2.24, 2.45) is 0 Å². The lowest BCUT2D eigenvalue weighted by molar-refractivity contribution is 0.104. The fraction of sp³-hybridized carbons (Fsp3) is 0.0625. The number of hydrogen-bond acceptors (Lipinski definition) is 2. The zero-order valence-electron chi connectivity index (χ0n) is 10.3. The van der Waals surface area contributed by atoms with Crippen LogP contribution in [0.4, 0.5) is 0 Å². The summed E-state index contributed by atoms with van der Waals surface area (Å²) in [6, 6.07) is 15.8. The summed E-state index contributed by atoms with van der Waals surface area (Å²) in [6.45, 7) is 2.07. The number of hydrogen-bond donors (Lipinski definition) is 0. The molecule has 3 rings (SSSR count). The number of halogens is 1. The van der Waals surface area contributed by atoms with Gasteiger partial charge in [-0.25, -0.2) is 0 Å². The Morgan fingerprint density at radius 1 is 1.00 bits per heavy atom. The monoisotopic (exact) mass is 330 g/mol. The first-order valence-electron chi connectivity index (χ1n) is 5.95. The van der Waals surface area contributed by atoms with Crippen LogP contribution < -0.4 is 0 Å². The Bertz CT molecular complexity index is 773. The van der Waals surface area contributed by atoms with Gasteiger partial charge in [0.2, 0.25) is 5.78 Å². The molecule has 0 saturated heterocycles. The van der Waals surface area contributed by atoms with Gasteiger partial charge >= 0.3 is 0 Å². The second kappa shape index (κ2) is 4.91. The van der Waals surface area contributed by atoms with E-state index < -0.39 is 0 Å². The van der Waals surface area contributed by atoms with Gasteiger partial charge in [0.1, 0.15) is 0 Å². The number of thiophene rings is 1. The molecule has 94 valence electrons. The molecule has 0 unspecified atom stereocenters. The minimum atomic E-state index is 0.0897. The largest absolute Gasteiger partial charge is 0.288 e. The fourth-order valence-corrected chi connectivity index (χ4v) is 3.56. The molecule has 1 heterocycles. The molecular formula is C16H11BrOS. The molecule has 19 heavy (non-hydrogen) atoms. The van der Waals surface area contributed by atoms with Crippen LogP contribution in [-0.2, 0) is 0 Å². The predicted octanol–water partition coefficient (Wildman–Crippen LogP) is 5.20. The molecule has 0 spiro atoms. The van der Waals surface area contributed by atoms with Gasteiger partial charge in [-0.2, -0.15) is 0 Å². The highest BCUT2D eigenvalue weighted by Crippen LogP contribution is 2.28. The molecule has 3 heteroatoms. The first-order valence-corrected chi connectivity index (χ1v) is 7.56. The maximum Gasteiger partial charge on any atom is 0.203 e. The number of fused-ring (bicyclic) bond motifs is 1. The van der Waals surface area contributed by atoms with Crippen molar-refractivity contribution in [3.05, 3.63) is 68.3 Å². The van der Waals surface area contributed by atoms with Crippen molar-refractivity contribution in [2.75, 3.05) is 0 Å². The Hall–Kier alpha value is -1.45. The summed E-state index contributed by atoms with van der Waals surface area (Å²) in [5.74, 6) is 0.0897. The molecule has 1 nitrogen and oxygen atoms in total. The van der Waals surface area contributed by atoms with Crippen LogP contribution in [0.15, 0.2) is 52.3 Å². The highest BCUT2D eigenvalue weighted by Gasteiger charge is 2.14. The van der Waals surface area contributed by atoms with E-state index in [2.05, 4.69) is 28.9 Å². The second-order valence-electron chi connectivity index (χ2n) is 4.41. The molecule has 2 aromatic carbocycles. The normalized spacial score (nSPS) is 10.8. The van der Waals surface area contributed by atoms with Crippen molar-refractivity contribution < 1.29 is 4.79 Å². The van der Waals surface area contributed by atoms with E-state index in [0.717, 1.165) is 25.0 Å². The number of aryl methyl sites for hydroxylation is 1. The summed E-state index contributed by atoms with van der Waals surface area (Å²) < 4.78 is 0.979. The van der Waals surface area contributed by atoms with Crippen LogP contribution in [0.3, 0.4) is 0 Å². The zero-order chi connectivity index (χ0) is 13.4. The fourth-order valence-electron chi connectivity index (χ4n) is 2.22. The number of ketones is 1. The predicted molar refractivity (Wildman–Crippen MR) is 84.1 cm³/mol. The van der Waals surface area contributed by atoms with E-state index in [9.17, 15) is 4.79 Å². The van der Waals surface area contributed by atoms with Crippen LogP contribution in [0.2, 0.25) is 0 Å². The van der Waals surface area contributed by atoms with E-state index in [1.54, 1.807) is 0 Å². The van der Waals surface area contributed by atoms with Gasteiger partial charge in [0.05, 0.1) is 8.66 Å². The molecule has 3 aromatic rings. The third-order valence-electron chi connectivity index (χ3n) is 3.18. The van der Waals surface area contributed by atoms with Crippen molar-refractivity contribution >= 4 is 43.8 Å². The first-order chi connectivity index (χ1) is 9.16. The van der Waals surface area contributed by atoms with Gasteiger partial charge in [0.15, 0.2) is 0 Å². The number of carbonyl (C=O) groups excluding carboxylic acids is 1. The molecule has 0 saturated carbocycles. The van der Waals surface area contributed by atoms with E-state index >= 15 is 0 Å². The van der Waals surface area contributed by atoms with Crippen LogP contribution >= 0.6 is 27.3 Å². The lowest BCUT2D eigenvalue weighted by Crippen LogP contribution is -2.00. The van der Waals surface area contributed by atoms with Crippen molar-refractivity contribution in [2.45, 2.75) is 6.92 Å². The van der Waals surface area contributed by atoms with Crippen molar-refractivity contribution in [3.63, 3.8) is 0 Å². The van der Waals surface area contributed by atoms with Crippen LogP contribution in [-0.4, -0.2) is 5.78 Å². The topological polar surface area (TPSA) is 17.1 Å². The van der Waals surface area contributed by atoms with Gasteiger partial charge in [0.25, 0.3) is 0 Å². The van der Waals surface area contributed by atoms with E-state index in [1.807, 2.05) is 42.5 Å². The molecule has 0 atom stereocenters. The number of benzene rings is 2. The summed E-state index contributed by atoms with van der Waals surface area (Å²) in [5.41, 5.74) is 1.97. The van der Waals surface area contributed by atoms with Crippen molar-refractivity contribution in [1.29, 1.82) is 0 Å². The molecule has 1 aromatic heterocycles. The average Bonchev–Trinajstić information content (AvgIpc) is 2.86. The van der Waals surface area contributed by atoms with Gasteiger partial charge in [-0.3, -0.25) is 4.79 Å². The Morgan fingerprint density at radius 3 is 2.42 bits per heavy atom. The second-order valence-corrected chi connectivity index (χ2v) is 6.87. The smallest absolute Gasteiger partial charge is 0.203 e.